The average Bonchev–Trinajstić information content (AvgIpc) is 3.20. The third-order valence-electron chi connectivity index (χ3n) is 4.40. The Kier molecular flexibility index (Phi) is 3.72. The fourth-order valence-corrected chi connectivity index (χ4v) is 3.29. The Morgan fingerprint density at radius 2 is 2.20 bits per heavy atom. The van der Waals surface area contributed by atoms with Gasteiger partial charge in [-0.05, 0) is 50.4 Å². The van der Waals surface area contributed by atoms with Crippen LogP contribution in [0.4, 0.5) is 4.39 Å². The van der Waals surface area contributed by atoms with Crippen molar-refractivity contribution >= 4 is 0 Å². The SMILES string of the molecule is CCCNC1CC(C)(CC2CC2)Oc2ccc(F)cc21. The number of hydrogen-bond acceptors (Lipinski definition) is 2. The van der Waals surface area contributed by atoms with Crippen molar-refractivity contribution in [3.8, 4) is 5.75 Å². The zero-order valence-electron chi connectivity index (χ0n) is 12.4. The molecule has 1 saturated carbocycles. The third-order valence-corrected chi connectivity index (χ3v) is 4.40. The molecule has 3 rings (SSSR count). The van der Waals surface area contributed by atoms with Gasteiger partial charge >= 0.3 is 0 Å². The van der Waals surface area contributed by atoms with E-state index in [2.05, 4.69) is 19.2 Å². The predicted molar refractivity (Wildman–Crippen MR) is 78.4 cm³/mol. The van der Waals surface area contributed by atoms with Crippen molar-refractivity contribution in [3.63, 3.8) is 0 Å². The van der Waals surface area contributed by atoms with E-state index in [1.165, 1.54) is 18.9 Å². The number of benzene rings is 1. The van der Waals surface area contributed by atoms with Crippen LogP contribution in [0.25, 0.3) is 0 Å². The van der Waals surface area contributed by atoms with Gasteiger partial charge < -0.3 is 10.1 Å². The van der Waals surface area contributed by atoms with Crippen molar-refractivity contribution in [2.24, 2.45) is 5.92 Å². The topological polar surface area (TPSA) is 21.3 Å². The van der Waals surface area contributed by atoms with E-state index in [1.807, 2.05) is 0 Å². The second-order valence-corrected chi connectivity index (χ2v) is 6.59. The number of hydrogen-bond donors (Lipinski definition) is 1. The number of ether oxygens (including phenoxy) is 1. The Balaban J connectivity index is 1.85. The van der Waals surface area contributed by atoms with Gasteiger partial charge in [-0.2, -0.15) is 0 Å². The van der Waals surface area contributed by atoms with Crippen LogP contribution in [-0.2, 0) is 0 Å². The summed E-state index contributed by atoms with van der Waals surface area (Å²) in [6, 6.07) is 5.12. The first kappa shape index (κ1) is 13.9. The first-order chi connectivity index (χ1) is 9.59. The second-order valence-electron chi connectivity index (χ2n) is 6.59. The molecule has 1 aromatic carbocycles. The van der Waals surface area contributed by atoms with Gasteiger partial charge in [-0.15, -0.1) is 0 Å². The van der Waals surface area contributed by atoms with E-state index in [0.29, 0.717) is 0 Å². The predicted octanol–water partition coefficient (Wildman–Crippen LogP) is 4.21. The van der Waals surface area contributed by atoms with Crippen molar-refractivity contribution in [1.82, 2.24) is 5.32 Å². The van der Waals surface area contributed by atoms with E-state index in [0.717, 1.165) is 43.0 Å². The van der Waals surface area contributed by atoms with Gasteiger partial charge in [0.15, 0.2) is 0 Å². The van der Waals surface area contributed by atoms with Crippen LogP contribution in [0.5, 0.6) is 5.75 Å². The maximum Gasteiger partial charge on any atom is 0.125 e. The molecule has 0 spiro atoms. The molecule has 1 aromatic rings. The minimum Gasteiger partial charge on any atom is -0.487 e. The summed E-state index contributed by atoms with van der Waals surface area (Å²) in [5, 5.41) is 3.56. The normalized spacial score (nSPS) is 28.9. The molecule has 0 saturated heterocycles. The highest BCUT2D eigenvalue weighted by atomic mass is 19.1. The molecule has 1 aliphatic heterocycles. The number of halogens is 1. The average molecular weight is 277 g/mol. The minimum atomic E-state index is -0.179. The molecule has 20 heavy (non-hydrogen) atoms. The van der Waals surface area contributed by atoms with Crippen LogP contribution < -0.4 is 10.1 Å². The van der Waals surface area contributed by atoms with Crippen LogP contribution in [-0.4, -0.2) is 12.1 Å². The highest BCUT2D eigenvalue weighted by molar-refractivity contribution is 5.39. The van der Waals surface area contributed by atoms with Gasteiger partial charge in [-0.25, -0.2) is 4.39 Å². The fraction of sp³-hybridized carbons (Fsp3) is 0.647. The summed E-state index contributed by atoms with van der Waals surface area (Å²) >= 11 is 0. The highest BCUT2D eigenvalue weighted by Gasteiger charge is 2.41. The largest absolute Gasteiger partial charge is 0.487 e. The van der Waals surface area contributed by atoms with Crippen LogP contribution >= 0.6 is 0 Å². The second kappa shape index (κ2) is 5.36. The number of fused-ring (bicyclic) bond motifs is 1. The molecule has 1 N–H and O–H groups in total. The zero-order valence-corrected chi connectivity index (χ0v) is 12.4. The molecule has 0 aromatic heterocycles. The summed E-state index contributed by atoms with van der Waals surface area (Å²) in [7, 11) is 0. The van der Waals surface area contributed by atoms with Gasteiger partial charge in [0.2, 0.25) is 0 Å². The fourth-order valence-electron chi connectivity index (χ4n) is 3.29. The molecule has 2 unspecified atom stereocenters. The van der Waals surface area contributed by atoms with Gasteiger partial charge in [-0.3, -0.25) is 0 Å². The van der Waals surface area contributed by atoms with E-state index in [9.17, 15) is 4.39 Å². The highest BCUT2D eigenvalue weighted by Crippen LogP contribution is 2.46. The molecule has 110 valence electrons. The molecule has 1 fully saturated rings. The summed E-state index contributed by atoms with van der Waals surface area (Å²) < 4.78 is 19.7. The van der Waals surface area contributed by atoms with Gasteiger partial charge in [0, 0.05) is 18.0 Å². The Morgan fingerprint density at radius 1 is 1.40 bits per heavy atom. The van der Waals surface area contributed by atoms with Crippen molar-refractivity contribution in [1.29, 1.82) is 0 Å². The van der Waals surface area contributed by atoms with Crippen LogP contribution in [0.3, 0.4) is 0 Å². The molecule has 0 radical (unpaired) electrons. The summed E-state index contributed by atoms with van der Waals surface area (Å²) in [6.07, 6.45) is 5.81. The molecular weight excluding hydrogens is 253 g/mol. The lowest BCUT2D eigenvalue weighted by Crippen LogP contribution is -2.42. The number of rotatable bonds is 5. The van der Waals surface area contributed by atoms with E-state index >= 15 is 0 Å². The molecule has 3 heteroatoms. The Bertz CT molecular complexity index is 486. The molecule has 1 heterocycles. The Labute approximate surface area is 120 Å². The first-order valence-electron chi connectivity index (χ1n) is 7.81. The van der Waals surface area contributed by atoms with Crippen molar-refractivity contribution in [3.05, 3.63) is 29.6 Å². The van der Waals surface area contributed by atoms with E-state index in [-0.39, 0.29) is 17.5 Å². The van der Waals surface area contributed by atoms with Crippen molar-refractivity contribution in [2.45, 2.75) is 57.6 Å². The molecule has 0 amide bonds. The third kappa shape index (κ3) is 2.98. The van der Waals surface area contributed by atoms with Gasteiger partial charge in [0.05, 0.1) is 0 Å². The lowest BCUT2D eigenvalue weighted by Gasteiger charge is -2.40. The lowest BCUT2D eigenvalue weighted by molar-refractivity contribution is 0.0344. The van der Waals surface area contributed by atoms with Crippen LogP contribution in [0.1, 0.15) is 57.6 Å². The lowest BCUT2D eigenvalue weighted by atomic mass is 9.85. The van der Waals surface area contributed by atoms with E-state index < -0.39 is 0 Å². The molecule has 2 aliphatic rings. The van der Waals surface area contributed by atoms with Crippen LogP contribution in [0, 0.1) is 11.7 Å². The monoisotopic (exact) mass is 277 g/mol. The van der Waals surface area contributed by atoms with Crippen molar-refractivity contribution in [2.75, 3.05) is 6.54 Å². The zero-order chi connectivity index (χ0) is 14.2. The molecule has 1 aliphatic carbocycles. The van der Waals surface area contributed by atoms with E-state index in [4.69, 9.17) is 4.74 Å². The standard InChI is InChI=1S/C17H24FNO/c1-3-8-19-15-11-17(2,10-12-4-5-12)20-16-7-6-13(18)9-14(15)16/h6-7,9,12,15,19H,3-5,8,10-11H2,1-2H3. The Hall–Kier alpha value is -1.09. The van der Waals surface area contributed by atoms with Crippen LogP contribution in [0.15, 0.2) is 18.2 Å². The quantitative estimate of drug-likeness (QED) is 0.870. The molecule has 2 nitrogen and oxygen atoms in total. The first-order valence-corrected chi connectivity index (χ1v) is 7.81. The summed E-state index contributed by atoms with van der Waals surface area (Å²) in [6.45, 7) is 5.32. The summed E-state index contributed by atoms with van der Waals surface area (Å²) in [5.74, 6) is 1.50. The van der Waals surface area contributed by atoms with Crippen LogP contribution in [0.2, 0.25) is 0 Å². The number of nitrogens with one attached hydrogen (secondary N) is 1. The van der Waals surface area contributed by atoms with Gasteiger partial charge in [-0.1, -0.05) is 19.8 Å². The minimum absolute atomic E-state index is 0.114. The maximum absolute atomic E-state index is 13.5. The van der Waals surface area contributed by atoms with E-state index in [1.54, 1.807) is 12.1 Å². The smallest absolute Gasteiger partial charge is 0.125 e. The molecule has 0 bridgehead atoms. The molecular formula is C17H24FNO. The van der Waals surface area contributed by atoms with Gasteiger partial charge in [0.1, 0.15) is 17.2 Å². The van der Waals surface area contributed by atoms with Gasteiger partial charge in [0.25, 0.3) is 0 Å². The molecule has 2 atom stereocenters. The van der Waals surface area contributed by atoms with Crippen molar-refractivity contribution < 1.29 is 9.13 Å². The maximum atomic E-state index is 13.5. The summed E-state index contributed by atoms with van der Waals surface area (Å²) in [4.78, 5) is 0. The summed E-state index contributed by atoms with van der Waals surface area (Å²) in [5.41, 5.74) is 0.865. The Morgan fingerprint density at radius 3 is 2.90 bits per heavy atom.